The van der Waals surface area contributed by atoms with Gasteiger partial charge in [-0.1, -0.05) is 78.3 Å². The number of nitrogens with zero attached hydrogens (tertiary/aromatic N) is 2. The molecular formula is C26H19ClN4O2. The molecule has 1 atom stereocenters. The van der Waals surface area contributed by atoms with E-state index >= 15 is 0 Å². The molecule has 1 aromatic heterocycles. The Morgan fingerprint density at radius 1 is 1.03 bits per heavy atom. The maximum absolute atomic E-state index is 10.00. The van der Waals surface area contributed by atoms with Crippen molar-refractivity contribution in [2.75, 3.05) is 0 Å². The smallest absolute Gasteiger partial charge is 0.244 e. The summed E-state index contributed by atoms with van der Waals surface area (Å²) in [5, 5.41) is 18.0. The fourth-order valence-corrected chi connectivity index (χ4v) is 4.19. The summed E-state index contributed by atoms with van der Waals surface area (Å²) in [4.78, 5) is 0. The normalized spacial score (nSPS) is 14.8. The van der Waals surface area contributed by atoms with Crippen molar-refractivity contribution in [2.24, 2.45) is 5.73 Å². The number of hydrogen-bond donors (Lipinski definition) is 2. The summed E-state index contributed by atoms with van der Waals surface area (Å²) >= 11 is 6.31. The molecular weight excluding hydrogens is 436 g/mol. The third-order valence-corrected chi connectivity index (χ3v) is 5.94. The topological polar surface area (TPSA) is 97.0 Å². The molecule has 0 bridgehead atoms. The van der Waals surface area contributed by atoms with Gasteiger partial charge in [-0.2, -0.15) is 5.26 Å². The predicted octanol–water partition coefficient (Wildman–Crippen LogP) is 5.53. The van der Waals surface area contributed by atoms with E-state index in [0.29, 0.717) is 22.2 Å². The lowest BCUT2D eigenvalue weighted by molar-refractivity contribution is 0.301. The standard InChI is InChI=1S/C26H19ClN4O2/c27-20-12-6-4-10-17(20)15-32-21-13-7-5-11-18(21)22-19(14-28)25(29)33-26-23(22)24(30-31-26)16-8-2-1-3-9-16/h1-13,22H,15,29H2,(H,30,31). The number of H-pyrrole nitrogens is 1. The number of aromatic amines is 1. The highest BCUT2D eigenvalue weighted by Crippen LogP contribution is 2.47. The highest BCUT2D eigenvalue weighted by atomic mass is 35.5. The summed E-state index contributed by atoms with van der Waals surface area (Å²) in [6, 6.07) is 27.1. The number of fused-ring (bicyclic) bond motifs is 1. The van der Waals surface area contributed by atoms with Crippen LogP contribution in [0.15, 0.2) is 90.3 Å². The fourth-order valence-electron chi connectivity index (χ4n) is 4.00. The molecule has 33 heavy (non-hydrogen) atoms. The fraction of sp³-hybridized carbons (Fsp3) is 0.0769. The van der Waals surface area contributed by atoms with Crippen molar-refractivity contribution in [1.82, 2.24) is 10.2 Å². The van der Waals surface area contributed by atoms with Crippen LogP contribution in [0.3, 0.4) is 0 Å². The second-order valence-corrected chi connectivity index (χ2v) is 7.93. The predicted molar refractivity (Wildman–Crippen MR) is 126 cm³/mol. The molecule has 4 aromatic rings. The largest absolute Gasteiger partial charge is 0.489 e. The van der Waals surface area contributed by atoms with E-state index in [1.54, 1.807) is 0 Å². The van der Waals surface area contributed by atoms with Crippen LogP contribution >= 0.6 is 11.6 Å². The summed E-state index contributed by atoms with van der Waals surface area (Å²) in [7, 11) is 0. The maximum atomic E-state index is 10.00. The van der Waals surface area contributed by atoms with Crippen LogP contribution in [0.1, 0.15) is 22.6 Å². The van der Waals surface area contributed by atoms with Crippen molar-refractivity contribution in [3.05, 3.63) is 112 Å². The number of ether oxygens (including phenoxy) is 2. The monoisotopic (exact) mass is 454 g/mol. The number of halogens is 1. The Balaban J connectivity index is 1.62. The van der Waals surface area contributed by atoms with Gasteiger partial charge in [-0.25, -0.2) is 0 Å². The zero-order valence-electron chi connectivity index (χ0n) is 17.5. The van der Waals surface area contributed by atoms with Crippen molar-refractivity contribution in [3.8, 4) is 29.0 Å². The number of rotatable bonds is 5. The summed E-state index contributed by atoms with van der Waals surface area (Å²) in [5.74, 6) is 0.476. The SMILES string of the molecule is N#CC1=C(N)Oc2n[nH]c(-c3ccccc3)c2C1c1ccccc1OCc1ccccc1Cl. The third kappa shape index (κ3) is 3.79. The molecule has 1 aliphatic rings. The van der Waals surface area contributed by atoms with E-state index in [1.807, 2.05) is 78.9 Å². The molecule has 6 nitrogen and oxygen atoms in total. The Hall–Kier alpha value is -4.21. The lowest BCUT2D eigenvalue weighted by atomic mass is 9.82. The van der Waals surface area contributed by atoms with Gasteiger partial charge in [0.2, 0.25) is 11.8 Å². The van der Waals surface area contributed by atoms with Crippen molar-refractivity contribution in [3.63, 3.8) is 0 Å². The molecule has 0 radical (unpaired) electrons. The van der Waals surface area contributed by atoms with Crippen LogP contribution in [-0.4, -0.2) is 10.2 Å². The highest BCUT2D eigenvalue weighted by Gasteiger charge is 2.37. The first-order valence-corrected chi connectivity index (χ1v) is 10.7. The Morgan fingerprint density at radius 3 is 2.55 bits per heavy atom. The average Bonchev–Trinajstić information content (AvgIpc) is 3.27. The van der Waals surface area contributed by atoms with Gasteiger partial charge in [-0.15, -0.1) is 5.10 Å². The lowest BCUT2D eigenvalue weighted by Gasteiger charge is -2.25. The number of nitriles is 1. The van der Waals surface area contributed by atoms with Crippen LogP contribution in [0.2, 0.25) is 5.02 Å². The molecule has 0 fully saturated rings. The van der Waals surface area contributed by atoms with Crippen molar-refractivity contribution < 1.29 is 9.47 Å². The van der Waals surface area contributed by atoms with Crippen LogP contribution in [0.4, 0.5) is 0 Å². The molecule has 3 N–H and O–H groups in total. The molecule has 7 heteroatoms. The molecule has 162 valence electrons. The first-order chi connectivity index (χ1) is 16.2. The molecule has 0 saturated carbocycles. The van der Waals surface area contributed by atoms with Gasteiger partial charge in [-0.05, 0) is 17.7 Å². The summed E-state index contributed by atoms with van der Waals surface area (Å²) in [6.45, 7) is 0.283. The second-order valence-electron chi connectivity index (χ2n) is 7.53. The molecule has 3 aromatic carbocycles. The minimum absolute atomic E-state index is 0.0296. The first kappa shape index (κ1) is 20.7. The second kappa shape index (κ2) is 8.73. The number of nitrogens with two attached hydrogens (primary N) is 1. The van der Waals surface area contributed by atoms with E-state index in [-0.39, 0.29) is 12.5 Å². The average molecular weight is 455 g/mol. The molecule has 0 spiro atoms. The number of aromatic nitrogens is 2. The summed E-state index contributed by atoms with van der Waals surface area (Å²) < 4.78 is 11.9. The number of benzene rings is 3. The number of nitrogens with one attached hydrogen (secondary N) is 1. The highest BCUT2D eigenvalue weighted by molar-refractivity contribution is 6.31. The number of para-hydroxylation sites is 1. The van der Waals surface area contributed by atoms with Crippen LogP contribution in [-0.2, 0) is 6.61 Å². The van der Waals surface area contributed by atoms with E-state index < -0.39 is 5.92 Å². The number of allylic oxidation sites excluding steroid dienone is 1. The van der Waals surface area contributed by atoms with E-state index in [9.17, 15) is 5.26 Å². The quantitative estimate of drug-likeness (QED) is 0.413. The first-order valence-electron chi connectivity index (χ1n) is 10.3. The molecule has 2 heterocycles. The third-order valence-electron chi connectivity index (χ3n) is 5.57. The van der Waals surface area contributed by atoms with Crippen molar-refractivity contribution >= 4 is 11.6 Å². The molecule has 1 aliphatic heterocycles. The molecule has 1 unspecified atom stereocenters. The maximum Gasteiger partial charge on any atom is 0.244 e. The van der Waals surface area contributed by atoms with Gasteiger partial charge >= 0.3 is 0 Å². The Labute approximate surface area is 195 Å². The van der Waals surface area contributed by atoms with Crippen LogP contribution in [0.25, 0.3) is 11.3 Å². The minimum atomic E-state index is -0.518. The van der Waals surface area contributed by atoms with E-state index in [1.165, 1.54) is 0 Å². The number of hydrogen-bond acceptors (Lipinski definition) is 5. The van der Waals surface area contributed by atoms with Crippen LogP contribution in [0.5, 0.6) is 11.6 Å². The minimum Gasteiger partial charge on any atom is -0.489 e. The van der Waals surface area contributed by atoms with Crippen LogP contribution in [0, 0.1) is 11.3 Å². The Bertz CT molecular complexity index is 1390. The molecule has 0 aliphatic carbocycles. The summed E-state index contributed by atoms with van der Waals surface area (Å²) in [6.07, 6.45) is 0. The lowest BCUT2D eigenvalue weighted by Crippen LogP contribution is -2.21. The van der Waals surface area contributed by atoms with Gasteiger partial charge in [-0.3, -0.25) is 5.10 Å². The zero-order valence-corrected chi connectivity index (χ0v) is 18.2. The van der Waals surface area contributed by atoms with E-state index in [0.717, 1.165) is 27.9 Å². The Kier molecular flexibility index (Phi) is 5.47. The van der Waals surface area contributed by atoms with Gasteiger partial charge in [0.15, 0.2) is 0 Å². The molecule has 0 amide bonds. The van der Waals surface area contributed by atoms with Crippen molar-refractivity contribution in [2.45, 2.75) is 12.5 Å². The van der Waals surface area contributed by atoms with Gasteiger partial charge in [0.1, 0.15) is 24.0 Å². The van der Waals surface area contributed by atoms with E-state index in [2.05, 4.69) is 16.3 Å². The van der Waals surface area contributed by atoms with Gasteiger partial charge in [0.25, 0.3) is 0 Å². The zero-order chi connectivity index (χ0) is 22.8. The van der Waals surface area contributed by atoms with Gasteiger partial charge in [0.05, 0.1) is 17.2 Å². The molecule has 5 rings (SSSR count). The van der Waals surface area contributed by atoms with E-state index in [4.69, 9.17) is 26.8 Å². The van der Waals surface area contributed by atoms with Crippen LogP contribution < -0.4 is 15.2 Å². The Morgan fingerprint density at radius 2 is 1.76 bits per heavy atom. The summed E-state index contributed by atoms with van der Waals surface area (Å²) in [5.41, 5.74) is 10.5. The van der Waals surface area contributed by atoms with Gasteiger partial charge < -0.3 is 15.2 Å². The van der Waals surface area contributed by atoms with Gasteiger partial charge in [0, 0.05) is 16.1 Å². The molecule has 0 saturated heterocycles. The van der Waals surface area contributed by atoms with Crippen molar-refractivity contribution in [1.29, 1.82) is 5.26 Å².